The average Bonchev–Trinajstić information content (AvgIpc) is 3.48. The Balaban J connectivity index is 1.46. The van der Waals surface area contributed by atoms with Crippen LogP contribution in [-0.2, 0) is 27.4 Å². The number of primary amides is 1. The van der Waals surface area contributed by atoms with Crippen molar-refractivity contribution in [1.82, 2.24) is 4.98 Å². The highest BCUT2D eigenvalue weighted by Gasteiger charge is 2.63. The number of pyridine rings is 1. The van der Waals surface area contributed by atoms with E-state index in [1.165, 1.54) is 7.11 Å². The fourth-order valence-electron chi connectivity index (χ4n) is 4.12. The largest absolute Gasteiger partial charge is 0.489 e. The van der Waals surface area contributed by atoms with E-state index in [2.05, 4.69) is 4.98 Å². The van der Waals surface area contributed by atoms with E-state index >= 15 is 0 Å². The molecule has 0 saturated heterocycles. The van der Waals surface area contributed by atoms with Gasteiger partial charge in [0.1, 0.15) is 12.4 Å². The molecular formula is C24H24N2O4. The predicted molar refractivity (Wildman–Crippen MR) is 113 cm³/mol. The number of amides is 1. The van der Waals surface area contributed by atoms with Gasteiger partial charge in [0.05, 0.1) is 24.0 Å². The van der Waals surface area contributed by atoms with Gasteiger partial charge in [0.25, 0.3) is 0 Å². The Morgan fingerprint density at radius 2 is 1.90 bits per heavy atom. The second kappa shape index (κ2) is 7.78. The summed E-state index contributed by atoms with van der Waals surface area (Å²) in [5.74, 6) is -0.581. The Labute approximate surface area is 175 Å². The van der Waals surface area contributed by atoms with Crippen molar-refractivity contribution in [3.63, 3.8) is 0 Å². The van der Waals surface area contributed by atoms with E-state index in [9.17, 15) is 9.59 Å². The molecular weight excluding hydrogens is 380 g/mol. The van der Waals surface area contributed by atoms with Crippen molar-refractivity contribution >= 4 is 22.8 Å². The molecule has 1 aliphatic rings. The molecule has 0 radical (unpaired) electrons. The first-order valence-corrected chi connectivity index (χ1v) is 9.88. The molecule has 154 valence electrons. The lowest BCUT2D eigenvalue weighted by molar-refractivity contribution is -0.148. The van der Waals surface area contributed by atoms with Crippen LogP contribution in [0.25, 0.3) is 10.9 Å². The number of aryl methyl sites for hydroxylation is 1. The van der Waals surface area contributed by atoms with Crippen LogP contribution in [-0.4, -0.2) is 24.0 Å². The smallest absolute Gasteiger partial charge is 0.312 e. The van der Waals surface area contributed by atoms with E-state index in [-0.39, 0.29) is 5.97 Å². The summed E-state index contributed by atoms with van der Waals surface area (Å²) in [6.45, 7) is 2.40. The highest BCUT2D eigenvalue weighted by molar-refractivity contribution is 5.93. The Kier molecular flexibility index (Phi) is 5.16. The third-order valence-electron chi connectivity index (χ3n) is 5.78. The van der Waals surface area contributed by atoms with Gasteiger partial charge in [-0.25, -0.2) is 0 Å². The maximum atomic E-state index is 12.2. The van der Waals surface area contributed by atoms with Crippen LogP contribution >= 0.6 is 0 Å². The topological polar surface area (TPSA) is 91.5 Å². The molecule has 30 heavy (non-hydrogen) atoms. The number of carbonyl (C=O) groups is 2. The molecule has 6 nitrogen and oxygen atoms in total. The molecule has 0 unspecified atom stereocenters. The van der Waals surface area contributed by atoms with Crippen LogP contribution in [0.4, 0.5) is 0 Å². The van der Waals surface area contributed by atoms with Crippen LogP contribution in [0.15, 0.2) is 54.6 Å². The zero-order chi connectivity index (χ0) is 21.3. The van der Waals surface area contributed by atoms with Crippen LogP contribution in [0.1, 0.15) is 23.2 Å². The predicted octanol–water partition coefficient (Wildman–Crippen LogP) is 3.33. The first kappa shape index (κ1) is 19.9. The van der Waals surface area contributed by atoms with Gasteiger partial charge in [-0.2, -0.15) is 0 Å². The minimum absolute atomic E-state index is 0.383. The molecule has 6 heteroatoms. The summed E-state index contributed by atoms with van der Waals surface area (Å²) in [6, 6.07) is 17.6. The highest BCUT2D eigenvalue weighted by atomic mass is 16.5. The van der Waals surface area contributed by atoms with Crippen LogP contribution in [0.2, 0.25) is 0 Å². The van der Waals surface area contributed by atoms with Gasteiger partial charge in [0, 0.05) is 16.6 Å². The summed E-state index contributed by atoms with van der Waals surface area (Å²) < 4.78 is 10.9. The SMILES string of the molecule is COC(=O)[C@@]1(Cc2ccc(OCc3cc(C)nc4ccccc34)cc2)C[C@@H]1C(N)=O. The lowest BCUT2D eigenvalue weighted by Gasteiger charge is -2.15. The Hall–Kier alpha value is -3.41. The highest BCUT2D eigenvalue weighted by Crippen LogP contribution is 2.55. The maximum Gasteiger partial charge on any atom is 0.312 e. The van der Waals surface area contributed by atoms with Gasteiger partial charge >= 0.3 is 5.97 Å². The van der Waals surface area contributed by atoms with Crippen LogP contribution < -0.4 is 10.5 Å². The molecule has 2 aromatic carbocycles. The molecule has 4 rings (SSSR count). The molecule has 1 fully saturated rings. The summed E-state index contributed by atoms with van der Waals surface area (Å²) in [4.78, 5) is 28.3. The summed E-state index contributed by atoms with van der Waals surface area (Å²) >= 11 is 0. The van der Waals surface area contributed by atoms with Crippen LogP contribution in [0.3, 0.4) is 0 Å². The van der Waals surface area contributed by atoms with Gasteiger partial charge in [-0.05, 0) is 49.6 Å². The third kappa shape index (κ3) is 3.73. The summed E-state index contributed by atoms with van der Waals surface area (Å²) in [6.07, 6.45) is 0.851. The van der Waals surface area contributed by atoms with Crippen molar-refractivity contribution in [1.29, 1.82) is 0 Å². The van der Waals surface area contributed by atoms with Gasteiger partial charge in [0.2, 0.25) is 5.91 Å². The number of esters is 1. The number of carbonyl (C=O) groups excluding carboxylic acids is 2. The maximum absolute atomic E-state index is 12.2. The minimum Gasteiger partial charge on any atom is -0.489 e. The molecule has 2 atom stereocenters. The third-order valence-corrected chi connectivity index (χ3v) is 5.78. The normalized spacial score (nSPS) is 20.0. The zero-order valence-electron chi connectivity index (χ0n) is 17.1. The Morgan fingerprint density at radius 3 is 2.57 bits per heavy atom. The number of methoxy groups -OCH3 is 1. The Bertz CT molecular complexity index is 1110. The average molecular weight is 404 g/mol. The number of para-hydroxylation sites is 1. The lowest BCUT2D eigenvalue weighted by atomic mass is 9.93. The van der Waals surface area contributed by atoms with E-state index in [4.69, 9.17) is 15.2 Å². The van der Waals surface area contributed by atoms with Gasteiger partial charge in [0.15, 0.2) is 0 Å². The molecule has 3 aromatic rings. The number of aromatic nitrogens is 1. The van der Waals surface area contributed by atoms with Crippen LogP contribution in [0, 0.1) is 18.3 Å². The first-order chi connectivity index (χ1) is 14.4. The zero-order valence-corrected chi connectivity index (χ0v) is 17.1. The summed E-state index contributed by atoms with van der Waals surface area (Å²) in [7, 11) is 1.34. The molecule has 2 N–H and O–H groups in total. The second-order valence-corrected chi connectivity index (χ2v) is 7.86. The van der Waals surface area contributed by atoms with Crippen molar-refractivity contribution in [3.8, 4) is 5.75 Å². The molecule has 1 aliphatic carbocycles. The standard InChI is InChI=1S/C24H24N2O4/c1-15-11-17(19-5-3-4-6-21(19)26-15)14-30-18-9-7-16(8-10-18)12-24(23(28)29-2)13-20(24)22(25)27/h3-11,20H,12-14H2,1-2H3,(H2,25,27)/t20-,24+/m1/s1. The van der Waals surface area contributed by atoms with Gasteiger partial charge in [-0.15, -0.1) is 0 Å². The Morgan fingerprint density at radius 1 is 1.17 bits per heavy atom. The summed E-state index contributed by atoms with van der Waals surface area (Å²) in [5.41, 5.74) is 8.49. The fourth-order valence-corrected chi connectivity index (χ4v) is 4.12. The molecule has 1 amide bonds. The molecule has 1 aromatic heterocycles. The van der Waals surface area contributed by atoms with E-state index in [1.807, 2.05) is 61.5 Å². The van der Waals surface area contributed by atoms with Crippen LogP contribution in [0.5, 0.6) is 5.75 Å². The van der Waals surface area contributed by atoms with E-state index in [1.54, 1.807) is 0 Å². The van der Waals surface area contributed by atoms with Gasteiger partial charge in [-0.3, -0.25) is 14.6 Å². The molecule has 0 bridgehead atoms. The lowest BCUT2D eigenvalue weighted by Crippen LogP contribution is -2.28. The number of ether oxygens (including phenoxy) is 2. The number of hydrogen-bond donors (Lipinski definition) is 1. The van der Waals surface area contributed by atoms with Gasteiger partial charge in [-0.1, -0.05) is 30.3 Å². The molecule has 0 aliphatic heterocycles. The van der Waals surface area contributed by atoms with Gasteiger partial charge < -0.3 is 15.2 Å². The van der Waals surface area contributed by atoms with Crippen molar-refractivity contribution < 1.29 is 19.1 Å². The van der Waals surface area contributed by atoms with Crippen molar-refractivity contribution in [2.24, 2.45) is 17.1 Å². The molecule has 0 spiro atoms. The van der Waals surface area contributed by atoms with E-state index < -0.39 is 17.2 Å². The van der Waals surface area contributed by atoms with E-state index in [0.717, 1.165) is 33.5 Å². The van der Waals surface area contributed by atoms with Crippen molar-refractivity contribution in [2.45, 2.75) is 26.4 Å². The summed E-state index contributed by atoms with van der Waals surface area (Å²) in [5, 5.41) is 1.07. The minimum atomic E-state index is -0.837. The van der Waals surface area contributed by atoms with E-state index in [0.29, 0.717) is 19.4 Å². The number of hydrogen-bond acceptors (Lipinski definition) is 5. The number of rotatable bonds is 7. The molecule has 1 saturated carbocycles. The number of fused-ring (bicyclic) bond motifs is 1. The first-order valence-electron chi connectivity index (χ1n) is 9.88. The number of benzene rings is 2. The quantitative estimate of drug-likeness (QED) is 0.610. The van der Waals surface area contributed by atoms with Crippen molar-refractivity contribution in [2.75, 3.05) is 7.11 Å². The fraction of sp³-hybridized carbons (Fsp3) is 0.292. The monoisotopic (exact) mass is 404 g/mol. The number of nitrogens with zero attached hydrogens (tertiary/aromatic N) is 1. The van der Waals surface area contributed by atoms with Crippen molar-refractivity contribution in [3.05, 3.63) is 71.4 Å². The second-order valence-electron chi connectivity index (χ2n) is 7.86. The molecule has 1 heterocycles. The number of nitrogens with two attached hydrogens (primary N) is 1.